The van der Waals surface area contributed by atoms with Crippen LogP contribution in [-0.2, 0) is 16.4 Å². The monoisotopic (exact) mass is 427 g/mol. The predicted octanol–water partition coefficient (Wildman–Crippen LogP) is 4.08. The van der Waals surface area contributed by atoms with Crippen molar-refractivity contribution in [3.63, 3.8) is 0 Å². The second-order valence-electron chi connectivity index (χ2n) is 6.10. The summed E-state index contributed by atoms with van der Waals surface area (Å²) in [6.45, 7) is 4.32. The molecule has 0 unspecified atom stereocenters. The van der Waals surface area contributed by atoms with Gasteiger partial charge in [-0.15, -0.1) is 11.3 Å². The van der Waals surface area contributed by atoms with Crippen LogP contribution in [0, 0.1) is 0 Å². The van der Waals surface area contributed by atoms with Gasteiger partial charge in [-0.1, -0.05) is 35.9 Å². The van der Waals surface area contributed by atoms with Crippen LogP contribution >= 0.6 is 34.3 Å². The Bertz CT molecular complexity index is 1040. The van der Waals surface area contributed by atoms with E-state index in [1.807, 2.05) is 0 Å². The summed E-state index contributed by atoms with van der Waals surface area (Å²) in [6.07, 6.45) is 1.01. The van der Waals surface area contributed by atoms with E-state index < -0.39 is 10.0 Å². The zero-order valence-corrected chi connectivity index (χ0v) is 17.4. The highest BCUT2D eigenvalue weighted by molar-refractivity contribution is 7.91. The van der Waals surface area contributed by atoms with Crippen LogP contribution < -0.4 is 4.90 Å². The van der Waals surface area contributed by atoms with E-state index in [0.717, 1.165) is 28.4 Å². The van der Waals surface area contributed by atoms with E-state index in [-0.39, 0.29) is 0 Å². The van der Waals surface area contributed by atoms with Crippen LogP contribution in [0.5, 0.6) is 0 Å². The van der Waals surface area contributed by atoms with Crippen LogP contribution in [0.4, 0.5) is 5.13 Å². The Kier molecular flexibility index (Phi) is 4.96. The van der Waals surface area contributed by atoms with Crippen LogP contribution in [0.3, 0.4) is 0 Å². The number of benzene rings is 1. The molecule has 0 amide bonds. The van der Waals surface area contributed by atoms with E-state index in [4.69, 9.17) is 16.6 Å². The summed E-state index contributed by atoms with van der Waals surface area (Å²) in [6, 6.07) is 9.57. The molecule has 0 atom stereocenters. The number of sulfonamides is 1. The molecule has 4 rings (SSSR count). The lowest BCUT2D eigenvalue weighted by molar-refractivity contribution is 0.386. The number of halogens is 1. The van der Waals surface area contributed by atoms with Crippen molar-refractivity contribution in [2.24, 2.45) is 0 Å². The maximum absolute atomic E-state index is 12.7. The van der Waals surface area contributed by atoms with Crippen LogP contribution in [0.25, 0.3) is 10.2 Å². The Morgan fingerprint density at radius 3 is 2.54 bits per heavy atom. The minimum Gasteiger partial charge on any atom is -0.345 e. The molecule has 5 nitrogen and oxygen atoms in total. The summed E-state index contributed by atoms with van der Waals surface area (Å²) in [5.74, 6) is 0. The number of anilines is 1. The molecule has 1 saturated heterocycles. The molecule has 0 saturated carbocycles. The lowest BCUT2D eigenvalue weighted by Crippen LogP contribution is -2.48. The molecular weight excluding hydrogens is 410 g/mol. The molecule has 0 aliphatic carbocycles. The minimum absolute atomic E-state index is 0.308. The van der Waals surface area contributed by atoms with Crippen molar-refractivity contribution >= 4 is 59.6 Å². The molecule has 9 heteroatoms. The van der Waals surface area contributed by atoms with E-state index in [9.17, 15) is 8.42 Å². The molecule has 0 spiro atoms. The van der Waals surface area contributed by atoms with Crippen LogP contribution in [0.1, 0.15) is 12.5 Å². The zero-order valence-electron chi connectivity index (χ0n) is 14.2. The highest BCUT2D eigenvalue weighted by Crippen LogP contribution is 2.32. The number of hydrogen-bond acceptors (Lipinski definition) is 6. The van der Waals surface area contributed by atoms with Gasteiger partial charge in [0.1, 0.15) is 4.21 Å². The van der Waals surface area contributed by atoms with Gasteiger partial charge < -0.3 is 4.90 Å². The van der Waals surface area contributed by atoms with Gasteiger partial charge in [0.25, 0.3) is 10.0 Å². The van der Waals surface area contributed by atoms with E-state index in [1.54, 1.807) is 23.5 Å². The van der Waals surface area contributed by atoms with E-state index in [2.05, 4.69) is 30.0 Å². The summed E-state index contributed by atoms with van der Waals surface area (Å²) >= 11 is 8.67. The highest BCUT2D eigenvalue weighted by Gasteiger charge is 2.30. The molecule has 1 aromatic carbocycles. The molecule has 2 aromatic heterocycles. The number of thiazole rings is 1. The third-order valence-electron chi connectivity index (χ3n) is 4.50. The summed E-state index contributed by atoms with van der Waals surface area (Å²) in [4.78, 5) is 6.89. The largest absolute Gasteiger partial charge is 0.345 e. The fraction of sp³-hybridized carbons (Fsp3) is 0.353. The normalized spacial score (nSPS) is 16.5. The average molecular weight is 428 g/mol. The van der Waals surface area contributed by atoms with Crippen molar-refractivity contribution < 1.29 is 8.42 Å². The molecule has 3 heterocycles. The molecule has 138 valence electrons. The second-order valence-corrected chi connectivity index (χ2v) is 11.0. The van der Waals surface area contributed by atoms with Gasteiger partial charge in [-0.05, 0) is 36.2 Å². The molecule has 1 aliphatic heterocycles. The van der Waals surface area contributed by atoms with Crippen LogP contribution in [0.15, 0.2) is 34.5 Å². The molecule has 3 aromatic rings. The maximum Gasteiger partial charge on any atom is 0.252 e. The van der Waals surface area contributed by atoms with Gasteiger partial charge in [0, 0.05) is 26.2 Å². The summed E-state index contributed by atoms with van der Waals surface area (Å²) < 4.78 is 28.9. The molecule has 0 radical (unpaired) electrons. The van der Waals surface area contributed by atoms with Crippen molar-refractivity contribution in [1.82, 2.24) is 9.29 Å². The van der Waals surface area contributed by atoms with Crippen molar-refractivity contribution in [3.05, 3.63) is 40.2 Å². The van der Waals surface area contributed by atoms with Crippen LogP contribution in [-0.4, -0.2) is 43.9 Å². The van der Waals surface area contributed by atoms with Crippen molar-refractivity contribution in [2.45, 2.75) is 17.6 Å². The third kappa shape index (κ3) is 3.36. The Morgan fingerprint density at radius 2 is 1.88 bits per heavy atom. The first-order valence-electron chi connectivity index (χ1n) is 8.37. The van der Waals surface area contributed by atoms with Crippen LogP contribution in [0.2, 0.25) is 4.34 Å². The Morgan fingerprint density at radius 1 is 1.12 bits per heavy atom. The molecule has 1 aliphatic rings. The topological polar surface area (TPSA) is 53.5 Å². The Balaban J connectivity index is 1.50. The standard InChI is InChI=1S/C17H18ClN3O2S3/c1-2-12-3-4-13-14(11-12)24-17(19-13)20-7-9-21(10-8-20)26(22,23)16-6-5-15(18)25-16/h3-6,11H,2,7-10H2,1H3. The highest BCUT2D eigenvalue weighted by atomic mass is 35.5. The molecule has 0 bridgehead atoms. The van der Waals surface area contributed by atoms with Gasteiger partial charge in [-0.3, -0.25) is 0 Å². The average Bonchev–Trinajstić information content (AvgIpc) is 3.27. The van der Waals surface area contributed by atoms with Crippen molar-refractivity contribution in [2.75, 3.05) is 31.1 Å². The first-order valence-corrected chi connectivity index (χ1v) is 11.8. The third-order valence-corrected chi connectivity index (χ3v) is 9.18. The molecule has 0 N–H and O–H groups in total. The van der Waals surface area contributed by atoms with E-state index >= 15 is 0 Å². The number of piperazine rings is 1. The number of aryl methyl sites for hydroxylation is 1. The first-order chi connectivity index (χ1) is 12.5. The summed E-state index contributed by atoms with van der Waals surface area (Å²) in [5, 5.41) is 0.962. The van der Waals surface area contributed by atoms with Gasteiger partial charge in [-0.25, -0.2) is 13.4 Å². The predicted molar refractivity (Wildman–Crippen MR) is 109 cm³/mol. The zero-order chi connectivity index (χ0) is 18.3. The number of thiophene rings is 1. The number of hydrogen-bond donors (Lipinski definition) is 0. The van der Waals surface area contributed by atoms with Gasteiger partial charge in [0.2, 0.25) is 0 Å². The SMILES string of the molecule is CCc1ccc2nc(N3CCN(S(=O)(=O)c4ccc(Cl)s4)CC3)sc2c1. The smallest absolute Gasteiger partial charge is 0.252 e. The number of fused-ring (bicyclic) bond motifs is 1. The summed E-state index contributed by atoms with van der Waals surface area (Å²) in [5.41, 5.74) is 2.31. The van der Waals surface area contributed by atoms with Gasteiger partial charge in [0.05, 0.1) is 14.6 Å². The van der Waals surface area contributed by atoms with Crippen molar-refractivity contribution in [1.29, 1.82) is 0 Å². The Hall–Kier alpha value is -1.19. The summed E-state index contributed by atoms with van der Waals surface area (Å²) in [7, 11) is -3.46. The lowest BCUT2D eigenvalue weighted by Gasteiger charge is -2.33. The maximum atomic E-state index is 12.7. The lowest BCUT2D eigenvalue weighted by atomic mass is 10.2. The van der Waals surface area contributed by atoms with Gasteiger partial charge in [0.15, 0.2) is 5.13 Å². The van der Waals surface area contributed by atoms with Crippen molar-refractivity contribution in [3.8, 4) is 0 Å². The number of aromatic nitrogens is 1. The minimum atomic E-state index is -3.46. The second kappa shape index (κ2) is 7.09. The Labute approximate surface area is 165 Å². The fourth-order valence-electron chi connectivity index (χ4n) is 3.00. The number of nitrogens with zero attached hydrogens (tertiary/aromatic N) is 3. The fourth-order valence-corrected chi connectivity index (χ4v) is 7.14. The van der Waals surface area contributed by atoms with Gasteiger partial charge in [-0.2, -0.15) is 4.31 Å². The molecular formula is C17H18ClN3O2S3. The van der Waals surface area contributed by atoms with E-state index in [0.29, 0.717) is 34.7 Å². The quantitative estimate of drug-likeness (QED) is 0.629. The van der Waals surface area contributed by atoms with E-state index in [1.165, 1.54) is 14.6 Å². The molecule has 1 fully saturated rings. The first kappa shape index (κ1) is 18.2. The number of rotatable bonds is 4. The molecule has 26 heavy (non-hydrogen) atoms. The van der Waals surface area contributed by atoms with Gasteiger partial charge >= 0.3 is 0 Å².